The van der Waals surface area contributed by atoms with Crippen LogP contribution in [0.1, 0.15) is 70.4 Å². The van der Waals surface area contributed by atoms with Gasteiger partial charge in [-0.25, -0.2) is 0 Å². The highest BCUT2D eigenvalue weighted by molar-refractivity contribution is 6.31. The lowest BCUT2D eigenvalue weighted by Crippen LogP contribution is -2.34. The summed E-state index contributed by atoms with van der Waals surface area (Å²) < 4.78 is 0. The van der Waals surface area contributed by atoms with Crippen LogP contribution in [0, 0.1) is 5.41 Å². The molecule has 0 bridgehead atoms. The van der Waals surface area contributed by atoms with Gasteiger partial charge in [0.05, 0.1) is 0 Å². The van der Waals surface area contributed by atoms with Crippen LogP contribution in [-0.4, -0.2) is 5.54 Å². The molecule has 20 heavy (non-hydrogen) atoms. The normalized spacial score (nSPS) is 20.1. The van der Waals surface area contributed by atoms with Gasteiger partial charge in [-0.15, -0.1) is 0 Å². The lowest BCUT2D eigenvalue weighted by molar-refractivity contribution is 0.224. The fraction of sp³-hybridized carbons (Fsp3) is 0.667. The van der Waals surface area contributed by atoms with Crippen LogP contribution in [0.5, 0.6) is 0 Å². The average molecular weight is 294 g/mol. The second kappa shape index (κ2) is 5.69. The SMILES string of the molecule is CC(C)(N)Cc1ccc(C2CCC(C)(C)CC2)c(Cl)c1. The van der Waals surface area contributed by atoms with Crippen LogP contribution < -0.4 is 5.73 Å². The van der Waals surface area contributed by atoms with Gasteiger partial charge in [-0.2, -0.15) is 0 Å². The smallest absolute Gasteiger partial charge is 0.0443 e. The van der Waals surface area contributed by atoms with Gasteiger partial charge in [-0.05, 0) is 74.5 Å². The lowest BCUT2D eigenvalue weighted by Gasteiger charge is -2.35. The highest BCUT2D eigenvalue weighted by Gasteiger charge is 2.28. The molecule has 2 heteroatoms. The summed E-state index contributed by atoms with van der Waals surface area (Å²) in [6.07, 6.45) is 5.98. The summed E-state index contributed by atoms with van der Waals surface area (Å²) in [7, 11) is 0. The third-order valence-electron chi connectivity index (χ3n) is 4.50. The van der Waals surface area contributed by atoms with Crippen molar-refractivity contribution >= 4 is 11.6 Å². The van der Waals surface area contributed by atoms with E-state index in [1.54, 1.807) is 0 Å². The topological polar surface area (TPSA) is 26.0 Å². The van der Waals surface area contributed by atoms with Crippen molar-refractivity contribution in [2.75, 3.05) is 0 Å². The van der Waals surface area contributed by atoms with Gasteiger partial charge in [0.25, 0.3) is 0 Å². The van der Waals surface area contributed by atoms with Crippen molar-refractivity contribution in [3.05, 3.63) is 34.3 Å². The summed E-state index contributed by atoms with van der Waals surface area (Å²) in [5.74, 6) is 0.635. The van der Waals surface area contributed by atoms with Gasteiger partial charge in [0.1, 0.15) is 0 Å². The van der Waals surface area contributed by atoms with Gasteiger partial charge >= 0.3 is 0 Å². The maximum absolute atomic E-state index is 6.52. The first-order chi connectivity index (χ1) is 9.16. The number of rotatable bonds is 3. The molecule has 1 aliphatic carbocycles. The first-order valence-electron chi connectivity index (χ1n) is 7.74. The fourth-order valence-electron chi connectivity index (χ4n) is 3.25. The average Bonchev–Trinajstić information content (AvgIpc) is 2.28. The van der Waals surface area contributed by atoms with Crippen molar-refractivity contribution in [2.24, 2.45) is 11.1 Å². The van der Waals surface area contributed by atoms with Crippen LogP contribution in [0.3, 0.4) is 0 Å². The van der Waals surface area contributed by atoms with Gasteiger partial charge < -0.3 is 5.73 Å². The zero-order valence-corrected chi connectivity index (χ0v) is 14.1. The van der Waals surface area contributed by atoms with Gasteiger partial charge in [0.15, 0.2) is 0 Å². The molecule has 1 aromatic rings. The van der Waals surface area contributed by atoms with E-state index in [1.807, 2.05) is 0 Å². The zero-order valence-electron chi connectivity index (χ0n) is 13.3. The molecule has 0 heterocycles. The van der Waals surface area contributed by atoms with E-state index in [2.05, 4.69) is 45.9 Å². The van der Waals surface area contributed by atoms with Gasteiger partial charge in [-0.3, -0.25) is 0 Å². The van der Waals surface area contributed by atoms with Crippen molar-refractivity contribution in [1.29, 1.82) is 0 Å². The molecule has 1 saturated carbocycles. The van der Waals surface area contributed by atoms with Crippen LogP contribution in [0.25, 0.3) is 0 Å². The molecule has 0 aromatic heterocycles. The minimum atomic E-state index is -0.181. The molecule has 0 unspecified atom stereocenters. The largest absolute Gasteiger partial charge is 0.325 e. The molecular formula is C18H28ClN. The van der Waals surface area contributed by atoms with Crippen molar-refractivity contribution < 1.29 is 0 Å². The Morgan fingerprint density at radius 1 is 1.25 bits per heavy atom. The molecule has 1 aliphatic rings. The predicted octanol–water partition coefficient (Wildman–Crippen LogP) is 5.30. The van der Waals surface area contributed by atoms with E-state index >= 15 is 0 Å². The number of hydrogen-bond donors (Lipinski definition) is 1. The first kappa shape index (κ1) is 15.9. The summed E-state index contributed by atoms with van der Waals surface area (Å²) in [5, 5.41) is 0.927. The summed E-state index contributed by atoms with van der Waals surface area (Å²) >= 11 is 6.52. The Bertz CT molecular complexity index is 461. The number of halogens is 1. The Labute approximate surface area is 128 Å². The predicted molar refractivity (Wildman–Crippen MR) is 88.4 cm³/mol. The van der Waals surface area contributed by atoms with E-state index < -0.39 is 0 Å². The molecule has 2 N–H and O–H groups in total. The Morgan fingerprint density at radius 3 is 2.35 bits per heavy atom. The highest BCUT2D eigenvalue weighted by atomic mass is 35.5. The number of benzene rings is 1. The number of hydrogen-bond acceptors (Lipinski definition) is 1. The molecule has 2 rings (SSSR count). The minimum absolute atomic E-state index is 0.181. The molecular weight excluding hydrogens is 266 g/mol. The second-order valence-electron chi connectivity index (χ2n) is 7.96. The first-order valence-corrected chi connectivity index (χ1v) is 8.11. The standard InChI is InChI=1S/C18H28ClN/c1-17(2)9-7-14(8-10-17)15-6-5-13(11-16(15)19)12-18(3,4)20/h5-6,11,14H,7-10,12,20H2,1-4H3. The van der Waals surface area contributed by atoms with Crippen molar-refractivity contribution in [1.82, 2.24) is 0 Å². The van der Waals surface area contributed by atoms with Crippen LogP contribution in [0.15, 0.2) is 18.2 Å². The van der Waals surface area contributed by atoms with Crippen LogP contribution in [0.2, 0.25) is 5.02 Å². The molecule has 1 fully saturated rings. The molecule has 0 saturated heterocycles. The molecule has 1 nitrogen and oxygen atoms in total. The number of nitrogens with two attached hydrogens (primary N) is 1. The van der Waals surface area contributed by atoms with Crippen LogP contribution >= 0.6 is 11.6 Å². The monoisotopic (exact) mass is 293 g/mol. The lowest BCUT2D eigenvalue weighted by atomic mass is 9.71. The summed E-state index contributed by atoms with van der Waals surface area (Å²) in [6, 6.07) is 6.55. The molecule has 0 spiro atoms. The molecule has 0 amide bonds. The van der Waals surface area contributed by atoms with Gasteiger partial charge in [0.2, 0.25) is 0 Å². The Morgan fingerprint density at radius 2 is 1.85 bits per heavy atom. The highest BCUT2D eigenvalue weighted by Crippen LogP contribution is 2.44. The van der Waals surface area contributed by atoms with Crippen LogP contribution in [-0.2, 0) is 6.42 Å². The van der Waals surface area contributed by atoms with Gasteiger partial charge in [0, 0.05) is 10.6 Å². The summed E-state index contributed by atoms with van der Waals surface area (Å²) in [6.45, 7) is 8.85. The van der Waals surface area contributed by atoms with E-state index in [1.165, 1.54) is 36.8 Å². The van der Waals surface area contributed by atoms with Crippen molar-refractivity contribution in [3.63, 3.8) is 0 Å². The molecule has 112 valence electrons. The summed E-state index contributed by atoms with van der Waals surface area (Å²) in [4.78, 5) is 0. The third kappa shape index (κ3) is 4.23. The quantitative estimate of drug-likeness (QED) is 0.803. The van der Waals surface area contributed by atoms with E-state index in [-0.39, 0.29) is 5.54 Å². The Balaban J connectivity index is 2.11. The van der Waals surface area contributed by atoms with E-state index in [0.29, 0.717) is 11.3 Å². The third-order valence-corrected chi connectivity index (χ3v) is 4.83. The van der Waals surface area contributed by atoms with Crippen molar-refractivity contribution in [2.45, 2.75) is 71.3 Å². The molecule has 0 aliphatic heterocycles. The maximum atomic E-state index is 6.52. The summed E-state index contributed by atoms with van der Waals surface area (Å²) in [5.41, 5.74) is 8.98. The minimum Gasteiger partial charge on any atom is -0.325 e. The van der Waals surface area contributed by atoms with E-state index in [9.17, 15) is 0 Å². The molecule has 0 atom stereocenters. The Hall–Kier alpha value is -0.530. The van der Waals surface area contributed by atoms with Gasteiger partial charge in [-0.1, -0.05) is 37.6 Å². The van der Waals surface area contributed by atoms with E-state index in [0.717, 1.165) is 11.4 Å². The Kier molecular flexibility index (Phi) is 4.51. The molecule has 0 radical (unpaired) electrons. The zero-order chi connectivity index (χ0) is 15.0. The molecule has 1 aromatic carbocycles. The van der Waals surface area contributed by atoms with Crippen LogP contribution in [0.4, 0.5) is 0 Å². The fourth-order valence-corrected chi connectivity index (χ4v) is 3.61. The van der Waals surface area contributed by atoms with Crippen molar-refractivity contribution in [3.8, 4) is 0 Å². The van der Waals surface area contributed by atoms with E-state index in [4.69, 9.17) is 17.3 Å². The second-order valence-corrected chi connectivity index (χ2v) is 8.37. The maximum Gasteiger partial charge on any atom is 0.0443 e.